The summed E-state index contributed by atoms with van der Waals surface area (Å²) in [6.45, 7) is 1.46. The molecular formula is C16H16ClNO. The van der Waals surface area contributed by atoms with E-state index in [4.69, 9.17) is 11.6 Å². The van der Waals surface area contributed by atoms with E-state index in [1.54, 1.807) is 24.3 Å². The molecule has 0 aliphatic carbocycles. The highest BCUT2D eigenvalue weighted by molar-refractivity contribution is 6.30. The summed E-state index contributed by atoms with van der Waals surface area (Å²) in [5.74, 6) is 0.136. The smallest absolute Gasteiger partial charge is 0.164 e. The number of nitrogens with one attached hydrogen (secondary N) is 1. The molecule has 0 unspecified atom stereocenters. The van der Waals surface area contributed by atoms with Crippen LogP contribution in [0.15, 0.2) is 54.6 Å². The van der Waals surface area contributed by atoms with E-state index in [9.17, 15) is 4.79 Å². The van der Waals surface area contributed by atoms with Crippen molar-refractivity contribution in [1.29, 1.82) is 0 Å². The summed E-state index contributed by atoms with van der Waals surface area (Å²) < 4.78 is 0. The zero-order valence-corrected chi connectivity index (χ0v) is 11.4. The molecular weight excluding hydrogens is 258 g/mol. The summed E-state index contributed by atoms with van der Waals surface area (Å²) >= 11 is 5.79. The number of halogens is 1. The molecule has 0 aliphatic rings. The summed E-state index contributed by atoms with van der Waals surface area (Å²) in [7, 11) is 0. The van der Waals surface area contributed by atoms with Crippen LogP contribution in [0.4, 0.5) is 0 Å². The van der Waals surface area contributed by atoms with E-state index >= 15 is 0 Å². The summed E-state index contributed by atoms with van der Waals surface area (Å²) in [5.41, 5.74) is 1.94. The molecule has 0 fully saturated rings. The fourth-order valence-corrected chi connectivity index (χ4v) is 1.94. The number of rotatable bonds is 6. The van der Waals surface area contributed by atoms with Crippen LogP contribution in [0.5, 0.6) is 0 Å². The molecule has 0 spiro atoms. The minimum Gasteiger partial charge on any atom is -0.312 e. The first-order valence-electron chi connectivity index (χ1n) is 6.29. The van der Waals surface area contributed by atoms with E-state index in [0.717, 1.165) is 6.54 Å². The van der Waals surface area contributed by atoms with Crippen molar-refractivity contribution < 1.29 is 4.79 Å². The number of hydrogen-bond acceptors (Lipinski definition) is 2. The van der Waals surface area contributed by atoms with Crippen LogP contribution in [0.2, 0.25) is 5.02 Å². The molecule has 0 bridgehead atoms. The average Bonchev–Trinajstić information content (AvgIpc) is 2.45. The number of ketones is 1. The first-order valence-corrected chi connectivity index (χ1v) is 6.67. The second-order valence-corrected chi connectivity index (χ2v) is 4.78. The monoisotopic (exact) mass is 273 g/mol. The molecule has 0 saturated heterocycles. The molecule has 0 heterocycles. The van der Waals surface area contributed by atoms with Crippen LogP contribution < -0.4 is 5.32 Å². The fraction of sp³-hybridized carbons (Fsp3) is 0.188. The minimum absolute atomic E-state index is 0.136. The zero-order chi connectivity index (χ0) is 13.5. The van der Waals surface area contributed by atoms with Gasteiger partial charge in [0.2, 0.25) is 0 Å². The van der Waals surface area contributed by atoms with Crippen LogP contribution in [-0.4, -0.2) is 12.3 Å². The highest BCUT2D eigenvalue weighted by Gasteiger charge is 2.04. The van der Waals surface area contributed by atoms with Crippen molar-refractivity contribution in [1.82, 2.24) is 5.32 Å². The first kappa shape index (κ1) is 13.8. The molecule has 0 aliphatic heterocycles. The molecule has 2 aromatic rings. The third-order valence-electron chi connectivity index (χ3n) is 2.87. The molecule has 1 N–H and O–H groups in total. The van der Waals surface area contributed by atoms with Gasteiger partial charge in [-0.25, -0.2) is 0 Å². The number of hydrogen-bond donors (Lipinski definition) is 1. The Kier molecular flexibility index (Phi) is 5.13. The Morgan fingerprint density at radius 3 is 2.37 bits per heavy atom. The van der Waals surface area contributed by atoms with Gasteiger partial charge in [0.1, 0.15) is 0 Å². The topological polar surface area (TPSA) is 29.1 Å². The number of benzene rings is 2. The lowest BCUT2D eigenvalue weighted by molar-refractivity contribution is 0.0982. The normalized spacial score (nSPS) is 10.4. The molecule has 98 valence electrons. The van der Waals surface area contributed by atoms with Crippen molar-refractivity contribution in [3.05, 3.63) is 70.7 Å². The Morgan fingerprint density at radius 1 is 1.00 bits per heavy atom. The van der Waals surface area contributed by atoms with Gasteiger partial charge in [-0.2, -0.15) is 0 Å². The van der Waals surface area contributed by atoms with Gasteiger partial charge < -0.3 is 5.32 Å². The van der Waals surface area contributed by atoms with Gasteiger partial charge in [-0.1, -0.05) is 41.9 Å². The first-order chi connectivity index (χ1) is 9.25. The van der Waals surface area contributed by atoms with Gasteiger partial charge in [0.25, 0.3) is 0 Å². The van der Waals surface area contributed by atoms with Crippen LogP contribution in [0.25, 0.3) is 0 Å². The van der Waals surface area contributed by atoms with Gasteiger partial charge in [0.15, 0.2) is 5.78 Å². The van der Waals surface area contributed by atoms with E-state index in [-0.39, 0.29) is 5.78 Å². The van der Waals surface area contributed by atoms with Crippen molar-refractivity contribution in [2.75, 3.05) is 6.54 Å². The lowest BCUT2D eigenvalue weighted by atomic mass is 10.1. The quantitative estimate of drug-likeness (QED) is 0.642. The van der Waals surface area contributed by atoms with Gasteiger partial charge in [-0.05, 0) is 29.8 Å². The lowest BCUT2D eigenvalue weighted by Crippen LogP contribution is -2.17. The number of carbonyl (C=O) groups excluding carboxylic acids is 1. The van der Waals surface area contributed by atoms with Crippen LogP contribution in [0.3, 0.4) is 0 Å². The predicted octanol–water partition coefficient (Wildman–Crippen LogP) is 3.70. The molecule has 19 heavy (non-hydrogen) atoms. The fourth-order valence-electron chi connectivity index (χ4n) is 1.81. The van der Waals surface area contributed by atoms with Crippen LogP contribution in [0.1, 0.15) is 22.3 Å². The minimum atomic E-state index is 0.136. The standard InChI is InChI=1S/C16H16ClNO/c17-15-8-6-14(7-9-15)16(19)10-11-18-12-13-4-2-1-3-5-13/h1-9,18H,10-12H2. The maximum atomic E-state index is 11.9. The van der Waals surface area contributed by atoms with Crippen molar-refractivity contribution in [3.63, 3.8) is 0 Å². The largest absolute Gasteiger partial charge is 0.312 e. The third-order valence-corrected chi connectivity index (χ3v) is 3.12. The van der Waals surface area contributed by atoms with Crippen molar-refractivity contribution in [3.8, 4) is 0 Å². The van der Waals surface area contributed by atoms with Crippen LogP contribution >= 0.6 is 11.6 Å². The second kappa shape index (κ2) is 7.07. The molecule has 0 atom stereocenters. The van der Waals surface area contributed by atoms with Crippen LogP contribution in [0, 0.1) is 0 Å². The summed E-state index contributed by atoms with van der Waals surface area (Å²) in [6.07, 6.45) is 0.495. The van der Waals surface area contributed by atoms with Gasteiger partial charge in [0, 0.05) is 30.1 Å². The Bertz CT molecular complexity index is 522. The predicted molar refractivity (Wildman–Crippen MR) is 78.5 cm³/mol. The highest BCUT2D eigenvalue weighted by Crippen LogP contribution is 2.10. The van der Waals surface area contributed by atoms with Crippen molar-refractivity contribution in [2.24, 2.45) is 0 Å². The Hall–Kier alpha value is -1.64. The molecule has 2 nitrogen and oxygen atoms in total. The van der Waals surface area contributed by atoms with Crippen molar-refractivity contribution in [2.45, 2.75) is 13.0 Å². The third kappa shape index (κ3) is 4.51. The Labute approximate surface area is 118 Å². The lowest BCUT2D eigenvalue weighted by Gasteiger charge is -2.04. The molecule has 0 amide bonds. The Balaban J connectivity index is 1.74. The molecule has 3 heteroatoms. The number of Topliss-reactive ketones (excluding diaryl/α,β-unsaturated/α-hetero) is 1. The number of carbonyl (C=O) groups is 1. The van der Waals surface area contributed by atoms with Gasteiger partial charge in [0.05, 0.1) is 0 Å². The Morgan fingerprint density at radius 2 is 1.68 bits per heavy atom. The molecule has 0 radical (unpaired) electrons. The van der Waals surface area contributed by atoms with Crippen molar-refractivity contribution >= 4 is 17.4 Å². The summed E-state index contributed by atoms with van der Waals surface area (Å²) in [5, 5.41) is 3.92. The average molecular weight is 274 g/mol. The summed E-state index contributed by atoms with van der Waals surface area (Å²) in [6, 6.07) is 17.2. The SMILES string of the molecule is O=C(CCNCc1ccccc1)c1ccc(Cl)cc1. The van der Waals surface area contributed by atoms with Gasteiger partial charge in [-0.3, -0.25) is 4.79 Å². The van der Waals surface area contributed by atoms with Gasteiger partial charge in [-0.15, -0.1) is 0 Å². The zero-order valence-electron chi connectivity index (χ0n) is 10.6. The van der Waals surface area contributed by atoms with E-state index < -0.39 is 0 Å². The van der Waals surface area contributed by atoms with E-state index in [0.29, 0.717) is 23.6 Å². The molecule has 0 aromatic heterocycles. The molecule has 2 aromatic carbocycles. The molecule has 0 saturated carbocycles. The maximum Gasteiger partial charge on any atom is 0.164 e. The van der Waals surface area contributed by atoms with Gasteiger partial charge >= 0.3 is 0 Å². The maximum absolute atomic E-state index is 11.9. The molecule has 2 rings (SSSR count). The van der Waals surface area contributed by atoms with Crippen LogP contribution in [-0.2, 0) is 6.54 Å². The second-order valence-electron chi connectivity index (χ2n) is 4.34. The van der Waals surface area contributed by atoms with E-state index in [1.807, 2.05) is 18.2 Å². The van der Waals surface area contributed by atoms with E-state index in [2.05, 4.69) is 17.4 Å². The van der Waals surface area contributed by atoms with E-state index in [1.165, 1.54) is 5.56 Å². The highest BCUT2D eigenvalue weighted by atomic mass is 35.5. The summed E-state index contributed by atoms with van der Waals surface area (Å²) in [4.78, 5) is 11.9.